The van der Waals surface area contributed by atoms with E-state index in [1.807, 2.05) is 6.92 Å². The Labute approximate surface area is 194 Å². The average molecular weight is 476 g/mol. The Bertz CT molecular complexity index is 1070. The monoisotopic (exact) mass is 475 g/mol. The minimum Gasteiger partial charge on any atom is -0.334 e. The molecule has 3 rings (SSSR count). The highest BCUT2D eigenvalue weighted by atomic mass is 32.2. The van der Waals surface area contributed by atoms with Gasteiger partial charge in [-0.1, -0.05) is 44.4 Å². The van der Waals surface area contributed by atoms with Gasteiger partial charge in [0.05, 0.1) is 10.1 Å². The topological polar surface area (TPSA) is 104 Å². The normalized spacial score (nSPS) is 15.1. The van der Waals surface area contributed by atoms with Crippen LogP contribution in [-0.2, 0) is 21.2 Å². The second-order valence-electron chi connectivity index (χ2n) is 8.26. The fourth-order valence-corrected chi connectivity index (χ4v) is 5.82. The first-order chi connectivity index (χ1) is 15.8. The lowest BCUT2D eigenvalue weighted by molar-refractivity contribution is -0.118. The van der Waals surface area contributed by atoms with E-state index in [0.29, 0.717) is 31.4 Å². The molecule has 33 heavy (non-hydrogen) atoms. The molecule has 3 N–H and O–H groups in total. The quantitative estimate of drug-likeness (QED) is 0.507. The molecule has 2 aromatic carbocycles. The van der Waals surface area contributed by atoms with Crippen molar-refractivity contribution in [3.63, 3.8) is 0 Å². The van der Waals surface area contributed by atoms with Crippen molar-refractivity contribution in [3.8, 4) is 0 Å². The molecule has 1 fully saturated rings. The van der Waals surface area contributed by atoms with Gasteiger partial charge in [-0.3, -0.25) is 4.79 Å². The number of carbonyl (C=O) groups is 2. The van der Waals surface area contributed by atoms with Gasteiger partial charge in [-0.25, -0.2) is 17.6 Å². The van der Waals surface area contributed by atoms with Gasteiger partial charge in [0.25, 0.3) is 0 Å². The van der Waals surface area contributed by atoms with Crippen molar-refractivity contribution < 1.29 is 22.4 Å². The number of halogens is 1. The van der Waals surface area contributed by atoms with Gasteiger partial charge in [0.1, 0.15) is 11.9 Å². The predicted molar refractivity (Wildman–Crippen MR) is 125 cm³/mol. The maximum absolute atomic E-state index is 13.0. The van der Waals surface area contributed by atoms with Gasteiger partial charge >= 0.3 is 6.03 Å². The van der Waals surface area contributed by atoms with Crippen LogP contribution >= 0.6 is 0 Å². The predicted octanol–water partition coefficient (Wildman–Crippen LogP) is 4.15. The summed E-state index contributed by atoms with van der Waals surface area (Å²) in [5.41, 5.74) is 1.09. The molecule has 0 aromatic heterocycles. The Hall–Kier alpha value is -2.94. The fourth-order valence-electron chi connectivity index (χ4n) is 3.92. The van der Waals surface area contributed by atoms with Crippen LogP contribution in [0.2, 0.25) is 0 Å². The van der Waals surface area contributed by atoms with Gasteiger partial charge in [0.2, 0.25) is 5.91 Å². The van der Waals surface area contributed by atoms with Crippen LogP contribution in [0, 0.1) is 5.82 Å². The minimum atomic E-state index is -3.44. The molecule has 7 nitrogen and oxygen atoms in total. The summed E-state index contributed by atoms with van der Waals surface area (Å²) in [5.74, 6) is -0.785. The lowest BCUT2D eigenvalue weighted by Crippen LogP contribution is -2.47. The molecule has 2 aromatic rings. The zero-order valence-electron chi connectivity index (χ0n) is 18.6. The summed E-state index contributed by atoms with van der Waals surface area (Å²) in [4.78, 5) is 25.3. The summed E-state index contributed by atoms with van der Waals surface area (Å²) < 4.78 is 38.7. The molecule has 0 bridgehead atoms. The largest absolute Gasteiger partial charge is 0.334 e. The highest BCUT2D eigenvalue weighted by Gasteiger charge is 2.30. The van der Waals surface area contributed by atoms with Crippen LogP contribution in [0.4, 0.5) is 14.9 Å². The number of sulfone groups is 1. The highest BCUT2D eigenvalue weighted by molar-refractivity contribution is 7.92. The second-order valence-corrected chi connectivity index (χ2v) is 10.5. The molecule has 1 atom stereocenters. The second kappa shape index (κ2) is 11.3. The Morgan fingerprint density at radius 2 is 1.79 bits per heavy atom. The van der Waals surface area contributed by atoms with Crippen LogP contribution in [0.25, 0.3) is 0 Å². The average Bonchev–Trinajstić information content (AvgIpc) is 3.34. The third-order valence-corrected chi connectivity index (χ3v) is 8.00. The van der Waals surface area contributed by atoms with E-state index in [4.69, 9.17) is 0 Å². The molecule has 0 spiro atoms. The zero-order valence-corrected chi connectivity index (χ0v) is 19.5. The van der Waals surface area contributed by atoms with Crippen LogP contribution in [0.5, 0.6) is 0 Å². The number of nitrogens with one attached hydrogen (secondary N) is 3. The van der Waals surface area contributed by atoms with Crippen LogP contribution in [0.15, 0.2) is 53.4 Å². The SMILES string of the molecule is CCCC(NC(=O)NCc1ccc(F)cc1)C(=O)Nc1cccc(S(=O)(=O)C2CCCC2)c1. The number of carbonyl (C=O) groups excluding carboxylic acids is 2. The fraction of sp³-hybridized carbons (Fsp3) is 0.417. The van der Waals surface area contributed by atoms with E-state index in [2.05, 4.69) is 16.0 Å². The number of anilines is 1. The van der Waals surface area contributed by atoms with Crippen molar-refractivity contribution >= 4 is 27.5 Å². The number of hydrogen-bond donors (Lipinski definition) is 3. The summed E-state index contributed by atoms with van der Waals surface area (Å²) in [7, 11) is -3.44. The van der Waals surface area contributed by atoms with E-state index in [1.54, 1.807) is 30.3 Å². The van der Waals surface area contributed by atoms with E-state index < -0.39 is 27.8 Å². The molecule has 1 unspecified atom stereocenters. The van der Waals surface area contributed by atoms with E-state index in [-0.39, 0.29) is 22.5 Å². The Morgan fingerprint density at radius 1 is 1.09 bits per heavy atom. The molecule has 1 aliphatic carbocycles. The summed E-state index contributed by atoms with van der Waals surface area (Å²) in [5, 5.41) is 7.66. The van der Waals surface area contributed by atoms with Gasteiger partial charge in [0, 0.05) is 12.2 Å². The molecule has 0 saturated heterocycles. The van der Waals surface area contributed by atoms with Crippen LogP contribution in [-0.4, -0.2) is 31.6 Å². The maximum atomic E-state index is 13.0. The first-order valence-corrected chi connectivity index (χ1v) is 12.8. The van der Waals surface area contributed by atoms with Gasteiger partial charge in [-0.05, 0) is 55.2 Å². The van der Waals surface area contributed by atoms with Crippen molar-refractivity contribution in [1.82, 2.24) is 10.6 Å². The number of amides is 3. The molecule has 0 heterocycles. The van der Waals surface area contributed by atoms with E-state index >= 15 is 0 Å². The Balaban J connectivity index is 1.61. The lowest BCUT2D eigenvalue weighted by Gasteiger charge is -2.19. The van der Waals surface area contributed by atoms with Crippen LogP contribution in [0.1, 0.15) is 51.0 Å². The van der Waals surface area contributed by atoms with Crippen LogP contribution in [0.3, 0.4) is 0 Å². The van der Waals surface area contributed by atoms with Crippen LogP contribution < -0.4 is 16.0 Å². The smallest absolute Gasteiger partial charge is 0.315 e. The number of hydrogen-bond acceptors (Lipinski definition) is 4. The number of rotatable bonds is 9. The Kier molecular flexibility index (Phi) is 8.43. The van der Waals surface area contributed by atoms with Gasteiger partial charge in [-0.2, -0.15) is 0 Å². The molecule has 9 heteroatoms. The Morgan fingerprint density at radius 3 is 2.45 bits per heavy atom. The third-order valence-electron chi connectivity index (χ3n) is 5.74. The maximum Gasteiger partial charge on any atom is 0.315 e. The van der Waals surface area contributed by atoms with E-state index in [1.165, 1.54) is 18.2 Å². The molecular formula is C24H30FN3O4S. The molecule has 1 aliphatic rings. The third kappa shape index (κ3) is 6.77. The summed E-state index contributed by atoms with van der Waals surface area (Å²) >= 11 is 0. The molecule has 0 aliphatic heterocycles. The number of urea groups is 1. The minimum absolute atomic E-state index is 0.188. The molecule has 1 saturated carbocycles. The van der Waals surface area contributed by atoms with E-state index in [9.17, 15) is 22.4 Å². The molecule has 3 amide bonds. The van der Waals surface area contributed by atoms with Gasteiger partial charge in [-0.15, -0.1) is 0 Å². The first kappa shape index (κ1) is 24.7. The lowest BCUT2D eigenvalue weighted by atomic mass is 10.1. The van der Waals surface area contributed by atoms with Crippen molar-refractivity contribution in [2.45, 2.75) is 68.2 Å². The summed E-state index contributed by atoms with van der Waals surface area (Å²) in [6, 6.07) is 10.7. The first-order valence-electron chi connectivity index (χ1n) is 11.2. The van der Waals surface area contributed by atoms with Gasteiger partial charge < -0.3 is 16.0 Å². The molecular weight excluding hydrogens is 445 g/mol. The standard InChI is InChI=1S/C24H30FN3O4S/c1-2-6-22(28-24(30)26-16-17-11-13-18(25)14-12-17)23(29)27-19-7-5-10-21(15-19)33(31,32)20-8-3-4-9-20/h5,7,10-15,20,22H,2-4,6,8-9,16H2,1H3,(H,27,29)(H2,26,28,30). The van der Waals surface area contributed by atoms with Gasteiger partial charge in [0.15, 0.2) is 9.84 Å². The van der Waals surface area contributed by atoms with E-state index in [0.717, 1.165) is 18.4 Å². The van der Waals surface area contributed by atoms with Crippen molar-refractivity contribution in [2.24, 2.45) is 0 Å². The number of benzene rings is 2. The van der Waals surface area contributed by atoms with Crippen molar-refractivity contribution in [2.75, 3.05) is 5.32 Å². The highest BCUT2D eigenvalue weighted by Crippen LogP contribution is 2.30. The summed E-state index contributed by atoms with van der Waals surface area (Å²) in [6.07, 6.45) is 4.22. The molecule has 0 radical (unpaired) electrons. The van der Waals surface area contributed by atoms with Crippen molar-refractivity contribution in [1.29, 1.82) is 0 Å². The molecule has 178 valence electrons. The zero-order chi connectivity index (χ0) is 23.8. The summed E-state index contributed by atoms with van der Waals surface area (Å²) in [6.45, 7) is 2.08. The van der Waals surface area contributed by atoms with Crippen molar-refractivity contribution in [3.05, 3.63) is 59.9 Å².